The summed E-state index contributed by atoms with van der Waals surface area (Å²) in [5.74, 6) is -0.325. The van der Waals surface area contributed by atoms with Crippen molar-refractivity contribution in [1.82, 2.24) is 5.32 Å². The summed E-state index contributed by atoms with van der Waals surface area (Å²) in [5, 5.41) is 2.93. The van der Waals surface area contributed by atoms with Crippen LogP contribution >= 0.6 is 0 Å². The third-order valence-corrected chi connectivity index (χ3v) is 6.15. The molecular weight excluding hydrogens is 360 g/mol. The Bertz CT molecular complexity index is 936. The monoisotopic (exact) mass is 386 g/mol. The van der Waals surface area contributed by atoms with E-state index in [1.165, 1.54) is 17.5 Å². The molecule has 1 aliphatic rings. The Hall–Kier alpha value is -2.34. The zero-order valence-corrected chi connectivity index (χ0v) is 16.8. The Morgan fingerprint density at radius 3 is 2.44 bits per heavy atom. The average molecular weight is 387 g/mol. The number of sulfonamides is 1. The Labute approximate surface area is 161 Å². The lowest BCUT2D eigenvalue weighted by Crippen LogP contribution is -2.41. The van der Waals surface area contributed by atoms with Gasteiger partial charge in [0, 0.05) is 0 Å². The third kappa shape index (κ3) is 4.69. The molecule has 0 saturated heterocycles. The van der Waals surface area contributed by atoms with Crippen LogP contribution in [0, 0.1) is 6.92 Å². The summed E-state index contributed by atoms with van der Waals surface area (Å²) in [6, 6.07) is 13.3. The number of amides is 1. The first-order valence-electron chi connectivity index (χ1n) is 9.19. The van der Waals surface area contributed by atoms with Crippen LogP contribution in [-0.2, 0) is 27.7 Å². The summed E-state index contributed by atoms with van der Waals surface area (Å²) in [4.78, 5) is 12.5. The standard InChI is InChI=1S/C21H26N2O3S/c1-15-7-11-20(12-8-15)23(27(3,25)26)14-21(24)22-16(2)18-10-9-17-5-4-6-19(17)13-18/h7-13,16H,4-6,14H2,1-3H3,(H,22,24)/t16-/m1/s1. The fourth-order valence-corrected chi connectivity index (χ4v) is 4.33. The topological polar surface area (TPSA) is 66.5 Å². The molecule has 2 aromatic carbocycles. The molecule has 5 nitrogen and oxygen atoms in total. The van der Waals surface area contributed by atoms with E-state index in [9.17, 15) is 13.2 Å². The maximum absolute atomic E-state index is 12.5. The first-order chi connectivity index (χ1) is 12.7. The number of aryl methyl sites for hydroxylation is 3. The maximum Gasteiger partial charge on any atom is 0.241 e. The predicted molar refractivity (Wildman–Crippen MR) is 108 cm³/mol. The molecule has 0 radical (unpaired) electrons. The highest BCUT2D eigenvalue weighted by Crippen LogP contribution is 2.25. The smallest absolute Gasteiger partial charge is 0.241 e. The van der Waals surface area contributed by atoms with E-state index in [2.05, 4.69) is 17.4 Å². The van der Waals surface area contributed by atoms with Gasteiger partial charge in [0.05, 0.1) is 18.0 Å². The van der Waals surface area contributed by atoms with E-state index in [1.807, 2.05) is 32.0 Å². The second kappa shape index (κ2) is 7.72. The molecule has 0 aliphatic heterocycles. The van der Waals surface area contributed by atoms with E-state index in [0.717, 1.165) is 34.5 Å². The van der Waals surface area contributed by atoms with E-state index in [1.54, 1.807) is 12.1 Å². The maximum atomic E-state index is 12.5. The summed E-state index contributed by atoms with van der Waals surface area (Å²) < 4.78 is 25.5. The lowest BCUT2D eigenvalue weighted by Gasteiger charge is -2.23. The van der Waals surface area contributed by atoms with Crippen LogP contribution in [-0.4, -0.2) is 27.1 Å². The number of carbonyl (C=O) groups is 1. The first kappa shape index (κ1) is 19.4. The Balaban J connectivity index is 1.71. The highest BCUT2D eigenvalue weighted by atomic mass is 32.2. The molecule has 144 valence electrons. The molecule has 0 aromatic heterocycles. The van der Waals surface area contributed by atoms with Crippen molar-refractivity contribution in [3.63, 3.8) is 0 Å². The van der Waals surface area contributed by atoms with Crippen LogP contribution in [0.4, 0.5) is 5.69 Å². The molecule has 3 rings (SSSR count). The zero-order chi connectivity index (χ0) is 19.6. The largest absolute Gasteiger partial charge is 0.348 e. The predicted octanol–water partition coefficient (Wildman–Crippen LogP) is 3.13. The highest BCUT2D eigenvalue weighted by Gasteiger charge is 2.22. The molecule has 1 amide bonds. The van der Waals surface area contributed by atoms with Crippen molar-refractivity contribution < 1.29 is 13.2 Å². The fraction of sp³-hybridized carbons (Fsp3) is 0.381. The van der Waals surface area contributed by atoms with E-state index in [4.69, 9.17) is 0 Å². The summed E-state index contributed by atoms with van der Waals surface area (Å²) >= 11 is 0. The van der Waals surface area contributed by atoms with Gasteiger partial charge in [-0.05, 0) is 61.9 Å². The summed E-state index contributed by atoms with van der Waals surface area (Å²) in [6.07, 6.45) is 4.50. The number of hydrogen-bond donors (Lipinski definition) is 1. The van der Waals surface area contributed by atoms with Crippen LogP contribution in [0.5, 0.6) is 0 Å². The van der Waals surface area contributed by atoms with Gasteiger partial charge in [0.15, 0.2) is 0 Å². The van der Waals surface area contributed by atoms with Crippen molar-refractivity contribution >= 4 is 21.6 Å². The van der Waals surface area contributed by atoms with Gasteiger partial charge in [-0.2, -0.15) is 0 Å². The lowest BCUT2D eigenvalue weighted by molar-refractivity contribution is -0.120. The van der Waals surface area contributed by atoms with Crippen LogP contribution < -0.4 is 9.62 Å². The summed E-state index contributed by atoms with van der Waals surface area (Å²) in [5.41, 5.74) is 5.31. The van der Waals surface area contributed by atoms with Crippen LogP contribution in [0.3, 0.4) is 0 Å². The minimum atomic E-state index is -3.56. The van der Waals surface area contributed by atoms with Gasteiger partial charge in [0.25, 0.3) is 0 Å². The molecule has 0 saturated carbocycles. The van der Waals surface area contributed by atoms with Crippen molar-refractivity contribution in [2.75, 3.05) is 17.1 Å². The van der Waals surface area contributed by atoms with E-state index in [0.29, 0.717) is 5.69 Å². The Kier molecular flexibility index (Phi) is 5.56. The number of carbonyl (C=O) groups excluding carboxylic acids is 1. The van der Waals surface area contributed by atoms with Crippen molar-refractivity contribution in [2.45, 2.75) is 39.2 Å². The molecule has 0 heterocycles. The number of nitrogens with zero attached hydrogens (tertiary/aromatic N) is 1. The van der Waals surface area contributed by atoms with Gasteiger partial charge in [0.1, 0.15) is 6.54 Å². The van der Waals surface area contributed by atoms with Gasteiger partial charge >= 0.3 is 0 Å². The van der Waals surface area contributed by atoms with E-state index in [-0.39, 0.29) is 18.5 Å². The number of rotatable bonds is 6. The molecular formula is C21H26N2O3S. The number of benzene rings is 2. The van der Waals surface area contributed by atoms with Gasteiger partial charge < -0.3 is 5.32 Å². The lowest BCUT2D eigenvalue weighted by atomic mass is 10.0. The number of hydrogen-bond acceptors (Lipinski definition) is 3. The van der Waals surface area contributed by atoms with Gasteiger partial charge in [0.2, 0.25) is 15.9 Å². The second-order valence-electron chi connectivity index (χ2n) is 7.28. The van der Waals surface area contributed by atoms with Crippen molar-refractivity contribution in [3.8, 4) is 0 Å². The van der Waals surface area contributed by atoms with E-state index >= 15 is 0 Å². The van der Waals surface area contributed by atoms with Crippen LogP contribution in [0.25, 0.3) is 0 Å². The van der Waals surface area contributed by atoms with Crippen LogP contribution in [0.1, 0.15) is 41.6 Å². The van der Waals surface area contributed by atoms with Gasteiger partial charge in [-0.1, -0.05) is 35.9 Å². The minimum absolute atomic E-state index is 0.178. The minimum Gasteiger partial charge on any atom is -0.348 e. The average Bonchev–Trinajstić information content (AvgIpc) is 3.07. The Morgan fingerprint density at radius 1 is 1.11 bits per heavy atom. The highest BCUT2D eigenvalue weighted by molar-refractivity contribution is 7.92. The SMILES string of the molecule is Cc1ccc(N(CC(=O)N[C@H](C)c2ccc3c(c2)CCC3)S(C)(=O)=O)cc1. The Morgan fingerprint density at radius 2 is 1.78 bits per heavy atom. The number of anilines is 1. The molecule has 0 fully saturated rings. The first-order valence-corrected chi connectivity index (χ1v) is 11.0. The van der Waals surface area contributed by atoms with Gasteiger partial charge in [-0.25, -0.2) is 8.42 Å². The van der Waals surface area contributed by atoms with Crippen molar-refractivity contribution in [3.05, 3.63) is 64.7 Å². The van der Waals surface area contributed by atoms with E-state index < -0.39 is 10.0 Å². The van der Waals surface area contributed by atoms with Crippen molar-refractivity contribution in [2.24, 2.45) is 0 Å². The van der Waals surface area contributed by atoms with Gasteiger partial charge in [-0.3, -0.25) is 9.10 Å². The molecule has 0 bridgehead atoms. The molecule has 27 heavy (non-hydrogen) atoms. The van der Waals surface area contributed by atoms with Crippen molar-refractivity contribution in [1.29, 1.82) is 0 Å². The molecule has 2 aromatic rings. The molecule has 6 heteroatoms. The summed E-state index contributed by atoms with van der Waals surface area (Å²) in [7, 11) is -3.56. The fourth-order valence-electron chi connectivity index (χ4n) is 3.47. The normalized spacial score (nSPS) is 14.5. The molecule has 0 unspecified atom stereocenters. The number of nitrogens with one attached hydrogen (secondary N) is 1. The molecule has 1 aliphatic carbocycles. The van der Waals surface area contributed by atoms with Crippen LogP contribution in [0.2, 0.25) is 0 Å². The van der Waals surface area contributed by atoms with Crippen LogP contribution in [0.15, 0.2) is 42.5 Å². The molecule has 1 N–H and O–H groups in total. The zero-order valence-electron chi connectivity index (χ0n) is 16.0. The third-order valence-electron chi connectivity index (χ3n) is 5.01. The summed E-state index contributed by atoms with van der Waals surface area (Å²) in [6.45, 7) is 3.61. The molecule has 1 atom stereocenters. The molecule has 0 spiro atoms. The van der Waals surface area contributed by atoms with Gasteiger partial charge in [-0.15, -0.1) is 0 Å². The second-order valence-corrected chi connectivity index (χ2v) is 9.18. The number of fused-ring (bicyclic) bond motifs is 1. The quantitative estimate of drug-likeness (QED) is 0.829.